The maximum atomic E-state index is 13.3. The van der Waals surface area contributed by atoms with Crippen molar-refractivity contribution in [2.24, 2.45) is 5.92 Å². The van der Waals surface area contributed by atoms with Crippen molar-refractivity contribution < 1.29 is 19.1 Å². The molecule has 0 radical (unpaired) electrons. The standard InChI is InChI=1S/C25H31N3O4/c1-4-14-27(17-23(29)26-20-11-7-6-10-18(20)3)25(31)19-15-24(30)28(16-19)21-12-8-9-13-22(21)32-5-2/h6-13,19H,4-5,14-17H2,1-3H3,(H,26,29). The molecule has 1 unspecified atom stereocenters. The molecule has 3 amide bonds. The highest BCUT2D eigenvalue weighted by atomic mass is 16.5. The number of hydrogen-bond donors (Lipinski definition) is 1. The Morgan fingerprint density at radius 2 is 1.84 bits per heavy atom. The van der Waals surface area contributed by atoms with Gasteiger partial charge in [0.1, 0.15) is 5.75 Å². The maximum Gasteiger partial charge on any atom is 0.244 e. The van der Waals surface area contributed by atoms with Gasteiger partial charge in [0, 0.05) is 25.2 Å². The lowest BCUT2D eigenvalue weighted by Gasteiger charge is -2.25. The van der Waals surface area contributed by atoms with E-state index in [1.165, 1.54) is 0 Å². The van der Waals surface area contributed by atoms with Gasteiger partial charge in [0.2, 0.25) is 17.7 Å². The molecule has 1 heterocycles. The average molecular weight is 438 g/mol. The summed E-state index contributed by atoms with van der Waals surface area (Å²) in [6.07, 6.45) is 0.847. The monoisotopic (exact) mass is 437 g/mol. The Hall–Kier alpha value is -3.35. The summed E-state index contributed by atoms with van der Waals surface area (Å²) in [4.78, 5) is 41.8. The molecule has 1 atom stereocenters. The van der Waals surface area contributed by atoms with E-state index in [1.54, 1.807) is 9.80 Å². The van der Waals surface area contributed by atoms with Crippen molar-refractivity contribution in [3.63, 3.8) is 0 Å². The smallest absolute Gasteiger partial charge is 0.244 e. The van der Waals surface area contributed by atoms with Crippen LogP contribution in [0.5, 0.6) is 5.75 Å². The number of nitrogens with zero attached hydrogens (tertiary/aromatic N) is 2. The van der Waals surface area contributed by atoms with E-state index in [2.05, 4.69) is 5.32 Å². The van der Waals surface area contributed by atoms with Crippen molar-refractivity contribution in [1.82, 2.24) is 4.90 Å². The quantitative estimate of drug-likeness (QED) is 0.650. The van der Waals surface area contributed by atoms with Crippen LogP contribution in [0.4, 0.5) is 11.4 Å². The van der Waals surface area contributed by atoms with Gasteiger partial charge in [-0.15, -0.1) is 0 Å². The van der Waals surface area contributed by atoms with Crippen molar-refractivity contribution in [2.75, 3.05) is 36.5 Å². The number of amides is 3. The fraction of sp³-hybridized carbons (Fsp3) is 0.400. The number of carbonyl (C=O) groups excluding carboxylic acids is 3. The molecule has 1 saturated heterocycles. The maximum absolute atomic E-state index is 13.3. The molecule has 1 aliphatic rings. The van der Waals surface area contributed by atoms with E-state index < -0.39 is 5.92 Å². The number of anilines is 2. The summed E-state index contributed by atoms with van der Waals surface area (Å²) in [6, 6.07) is 14.9. The first kappa shape index (κ1) is 23.3. The van der Waals surface area contributed by atoms with E-state index in [9.17, 15) is 14.4 Å². The summed E-state index contributed by atoms with van der Waals surface area (Å²) in [7, 11) is 0. The Bertz CT molecular complexity index is 975. The third-order valence-electron chi connectivity index (χ3n) is 5.49. The van der Waals surface area contributed by atoms with Gasteiger partial charge in [-0.25, -0.2) is 0 Å². The van der Waals surface area contributed by atoms with Crippen LogP contribution in [0, 0.1) is 12.8 Å². The second-order valence-electron chi connectivity index (χ2n) is 7.93. The SMILES string of the molecule is CCCN(CC(=O)Nc1ccccc1C)C(=O)C1CC(=O)N(c2ccccc2OCC)C1. The summed E-state index contributed by atoms with van der Waals surface area (Å²) in [5.74, 6) is -0.397. The zero-order valence-corrected chi connectivity index (χ0v) is 19.0. The molecule has 0 aliphatic carbocycles. The molecular weight excluding hydrogens is 406 g/mol. The minimum Gasteiger partial charge on any atom is -0.492 e. The molecule has 2 aromatic rings. The second kappa shape index (κ2) is 10.8. The molecule has 1 N–H and O–H groups in total. The molecule has 0 spiro atoms. The largest absolute Gasteiger partial charge is 0.492 e. The van der Waals surface area contributed by atoms with Crippen LogP contribution >= 0.6 is 0 Å². The van der Waals surface area contributed by atoms with Crippen LogP contribution in [0.2, 0.25) is 0 Å². The third-order valence-corrected chi connectivity index (χ3v) is 5.49. The number of rotatable bonds is 9. The summed E-state index contributed by atoms with van der Waals surface area (Å²) in [5.41, 5.74) is 2.37. The molecule has 7 nitrogen and oxygen atoms in total. The molecule has 170 valence electrons. The van der Waals surface area contributed by atoms with Crippen LogP contribution in [-0.4, -0.2) is 48.9 Å². The third kappa shape index (κ3) is 5.46. The fourth-order valence-electron chi connectivity index (χ4n) is 3.94. The van der Waals surface area contributed by atoms with E-state index >= 15 is 0 Å². The molecular formula is C25H31N3O4. The van der Waals surface area contributed by atoms with E-state index in [0.29, 0.717) is 24.6 Å². The van der Waals surface area contributed by atoms with Crippen molar-refractivity contribution in [3.05, 3.63) is 54.1 Å². The Balaban J connectivity index is 1.69. The lowest BCUT2D eigenvalue weighted by Crippen LogP contribution is -2.42. The summed E-state index contributed by atoms with van der Waals surface area (Å²) in [6.45, 7) is 6.96. The van der Waals surface area contributed by atoms with E-state index in [0.717, 1.165) is 17.7 Å². The minimum atomic E-state index is -0.491. The fourth-order valence-corrected chi connectivity index (χ4v) is 3.94. The zero-order chi connectivity index (χ0) is 23.1. The van der Waals surface area contributed by atoms with E-state index in [1.807, 2.05) is 69.3 Å². The van der Waals surface area contributed by atoms with Gasteiger partial charge in [0.15, 0.2) is 0 Å². The highest BCUT2D eigenvalue weighted by molar-refractivity contribution is 6.02. The first-order chi connectivity index (χ1) is 15.4. The predicted octanol–water partition coefficient (Wildman–Crippen LogP) is 3.62. The van der Waals surface area contributed by atoms with E-state index in [4.69, 9.17) is 4.74 Å². The normalized spacial score (nSPS) is 15.5. The van der Waals surface area contributed by atoms with E-state index in [-0.39, 0.29) is 37.2 Å². The van der Waals surface area contributed by atoms with Crippen molar-refractivity contribution in [1.29, 1.82) is 0 Å². The highest BCUT2D eigenvalue weighted by Gasteiger charge is 2.38. The number of carbonyl (C=O) groups is 3. The summed E-state index contributed by atoms with van der Waals surface area (Å²) in [5, 5.41) is 2.88. The number of benzene rings is 2. The Kier molecular flexibility index (Phi) is 7.87. The molecule has 0 saturated carbocycles. The zero-order valence-electron chi connectivity index (χ0n) is 19.0. The van der Waals surface area contributed by atoms with Crippen LogP contribution in [0.15, 0.2) is 48.5 Å². The molecule has 1 fully saturated rings. The van der Waals surface area contributed by atoms with Gasteiger partial charge in [-0.2, -0.15) is 0 Å². The van der Waals surface area contributed by atoms with Gasteiger partial charge < -0.3 is 19.9 Å². The van der Waals surface area contributed by atoms with Crippen LogP contribution < -0.4 is 15.0 Å². The van der Waals surface area contributed by atoms with Crippen LogP contribution in [0.25, 0.3) is 0 Å². The molecule has 0 bridgehead atoms. The lowest BCUT2D eigenvalue weighted by molar-refractivity contribution is -0.138. The minimum absolute atomic E-state index is 0.0404. The molecule has 3 rings (SSSR count). The van der Waals surface area contributed by atoms with Gasteiger partial charge in [-0.05, 0) is 44.0 Å². The van der Waals surface area contributed by atoms with Crippen LogP contribution in [-0.2, 0) is 14.4 Å². The molecule has 1 aliphatic heterocycles. The van der Waals surface area contributed by atoms with Crippen molar-refractivity contribution in [2.45, 2.75) is 33.6 Å². The number of aryl methyl sites for hydroxylation is 1. The van der Waals surface area contributed by atoms with Crippen molar-refractivity contribution in [3.8, 4) is 5.75 Å². The number of ether oxygens (including phenoxy) is 1. The topological polar surface area (TPSA) is 79.0 Å². The lowest BCUT2D eigenvalue weighted by atomic mass is 10.1. The number of hydrogen-bond acceptors (Lipinski definition) is 4. The first-order valence-corrected chi connectivity index (χ1v) is 11.1. The Morgan fingerprint density at radius 3 is 2.56 bits per heavy atom. The highest BCUT2D eigenvalue weighted by Crippen LogP contribution is 2.33. The number of nitrogens with one attached hydrogen (secondary N) is 1. The summed E-state index contributed by atoms with van der Waals surface area (Å²) >= 11 is 0. The Morgan fingerprint density at radius 1 is 1.12 bits per heavy atom. The van der Waals surface area contributed by atoms with Gasteiger partial charge in [-0.3, -0.25) is 14.4 Å². The average Bonchev–Trinajstić information content (AvgIpc) is 3.16. The van der Waals surface area contributed by atoms with Crippen LogP contribution in [0.3, 0.4) is 0 Å². The Labute approximate surface area is 189 Å². The first-order valence-electron chi connectivity index (χ1n) is 11.1. The molecule has 0 aromatic heterocycles. The van der Waals surface area contributed by atoms with Crippen molar-refractivity contribution >= 4 is 29.1 Å². The summed E-state index contributed by atoms with van der Waals surface area (Å²) < 4.78 is 5.66. The second-order valence-corrected chi connectivity index (χ2v) is 7.93. The van der Waals surface area contributed by atoms with Gasteiger partial charge in [0.25, 0.3) is 0 Å². The molecule has 32 heavy (non-hydrogen) atoms. The van der Waals surface area contributed by atoms with Gasteiger partial charge in [-0.1, -0.05) is 37.3 Å². The van der Waals surface area contributed by atoms with Gasteiger partial charge >= 0.3 is 0 Å². The molecule has 7 heteroatoms. The van der Waals surface area contributed by atoms with Crippen LogP contribution in [0.1, 0.15) is 32.3 Å². The number of para-hydroxylation sites is 3. The molecule has 2 aromatic carbocycles. The predicted molar refractivity (Wildman–Crippen MR) is 125 cm³/mol. The van der Waals surface area contributed by atoms with Gasteiger partial charge in [0.05, 0.1) is 24.8 Å².